The highest BCUT2D eigenvalue weighted by Crippen LogP contribution is 2.33. The second-order valence-corrected chi connectivity index (χ2v) is 16.1. The fourth-order valence-electron chi connectivity index (χ4n) is 8.46. The summed E-state index contributed by atoms with van der Waals surface area (Å²) in [5, 5.41) is 9.59. The molecular weight excluding hydrogens is 761 g/mol. The highest BCUT2D eigenvalue weighted by atomic mass is 19.1. The van der Waals surface area contributed by atoms with Crippen molar-refractivity contribution in [3.8, 4) is 17.1 Å². The minimum absolute atomic E-state index is 0.0293. The third-order valence-corrected chi connectivity index (χ3v) is 11.7. The van der Waals surface area contributed by atoms with Gasteiger partial charge >= 0.3 is 0 Å². The third kappa shape index (κ3) is 8.18. The summed E-state index contributed by atoms with van der Waals surface area (Å²) < 4.78 is 40.1. The minimum atomic E-state index is -1.04. The van der Waals surface area contributed by atoms with Gasteiger partial charge in [0.25, 0.3) is 11.8 Å². The van der Waals surface area contributed by atoms with Gasteiger partial charge in [0.05, 0.1) is 41.0 Å². The Labute approximate surface area is 339 Å². The SMILES string of the molecule is Cc1cc2cc(n1)-c1cnn(C)c1OCCC[C@@H](C)Cn1c(nc3ccc(C(=O)N4CCC(N(C)CCc5cc(F)c([C@H]6CCC(=O)NC6=O)c(F)c5)C4)cc31)NC2=O. The van der Waals surface area contributed by atoms with Gasteiger partial charge in [0, 0.05) is 68.1 Å². The van der Waals surface area contributed by atoms with E-state index in [0.717, 1.165) is 24.8 Å². The second-order valence-electron chi connectivity index (χ2n) is 16.1. The molecule has 16 heteroatoms. The van der Waals surface area contributed by atoms with Crippen LogP contribution in [0.2, 0.25) is 0 Å². The minimum Gasteiger partial charge on any atom is -0.477 e. The molecule has 2 saturated heterocycles. The average Bonchev–Trinajstić information content (AvgIpc) is 3.92. The Kier molecular flexibility index (Phi) is 11.0. The number of likely N-dealkylation sites (tertiary alicyclic amines) is 1. The van der Waals surface area contributed by atoms with Gasteiger partial charge in [0.2, 0.25) is 23.6 Å². The number of nitrogens with one attached hydrogen (secondary N) is 2. The van der Waals surface area contributed by atoms with Gasteiger partial charge in [0.15, 0.2) is 0 Å². The van der Waals surface area contributed by atoms with Gasteiger partial charge < -0.3 is 19.1 Å². The molecule has 0 saturated carbocycles. The number of benzene rings is 2. The first-order chi connectivity index (χ1) is 28.3. The lowest BCUT2D eigenvalue weighted by molar-refractivity contribution is -0.134. The molecule has 14 nitrogen and oxygen atoms in total. The van der Waals surface area contributed by atoms with Crippen LogP contribution in [-0.4, -0.2) is 97.1 Å². The van der Waals surface area contributed by atoms with E-state index in [2.05, 4.69) is 32.5 Å². The maximum Gasteiger partial charge on any atom is 0.258 e. The Bertz CT molecular complexity index is 2460. The van der Waals surface area contributed by atoms with E-state index in [9.17, 15) is 19.2 Å². The molecule has 1 unspecified atom stereocenters. The summed E-state index contributed by atoms with van der Waals surface area (Å²) in [5.41, 5.74) is 4.41. The normalized spacial score (nSPS) is 20.1. The van der Waals surface area contributed by atoms with Crippen molar-refractivity contribution in [2.75, 3.05) is 38.6 Å². The molecule has 4 amide bonds. The zero-order chi connectivity index (χ0) is 41.5. The number of nitrogens with zero attached hydrogens (tertiary/aromatic N) is 7. The molecule has 2 N–H and O–H groups in total. The number of piperidine rings is 1. The maximum absolute atomic E-state index is 15.1. The van der Waals surface area contributed by atoms with E-state index in [1.165, 1.54) is 12.1 Å². The van der Waals surface area contributed by atoms with E-state index in [0.29, 0.717) is 90.2 Å². The molecule has 0 spiro atoms. The monoisotopic (exact) mass is 807 g/mol. The Morgan fingerprint density at radius 1 is 1.00 bits per heavy atom. The van der Waals surface area contributed by atoms with Crippen LogP contribution in [0.1, 0.15) is 82.5 Å². The average molecular weight is 808 g/mol. The number of carbonyl (C=O) groups is 4. The van der Waals surface area contributed by atoms with E-state index in [4.69, 9.17) is 9.72 Å². The quantitative estimate of drug-likeness (QED) is 0.215. The van der Waals surface area contributed by atoms with Gasteiger partial charge in [-0.05, 0) is 100 Å². The fraction of sp³-hybridized carbons (Fsp3) is 0.419. The predicted molar refractivity (Wildman–Crippen MR) is 215 cm³/mol. The van der Waals surface area contributed by atoms with Crippen LogP contribution in [0.25, 0.3) is 22.3 Å². The number of imide groups is 1. The Morgan fingerprint density at radius 2 is 1.80 bits per heavy atom. The van der Waals surface area contributed by atoms with Crippen molar-refractivity contribution >= 4 is 40.6 Å². The fourth-order valence-corrected chi connectivity index (χ4v) is 8.46. The summed E-state index contributed by atoms with van der Waals surface area (Å²) in [6, 6.07) is 11.4. The number of anilines is 1. The topological polar surface area (TPSA) is 157 Å². The van der Waals surface area contributed by atoms with Gasteiger partial charge in [-0.15, -0.1) is 0 Å². The molecule has 2 bridgehead atoms. The molecule has 59 heavy (non-hydrogen) atoms. The molecule has 2 fully saturated rings. The number of likely N-dealkylation sites (N-methyl/N-ethyl adjacent to an activating group) is 1. The van der Waals surface area contributed by atoms with Gasteiger partial charge in [-0.2, -0.15) is 5.10 Å². The number of ether oxygens (including phenoxy) is 1. The van der Waals surface area contributed by atoms with E-state index in [1.807, 2.05) is 42.6 Å². The molecule has 3 aliphatic heterocycles. The van der Waals surface area contributed by atoms with E-state index < -0.39 is 29.4 Å². The number of rotatable bonds is 6. The standard InChI is InChI=1S/C43H47F2N9O5/c1-24-6-5-15-59-42-31(21-46-52(42)4)35-19-28(16-25(2)47-35)39(56)50-43-48-34-9-7-27(20-36(34)54(43)22-24)41(58)53-14-12-29(23-53)51(3)13-11-26-17-32(44)38(33(45)18-26)30-8-10-37(55)49-40(30)57/h7,9,16-21,24,29-30H,5-6,8,10-15,22-23H2,1-4H3,(H,48,50,56)(H,49,55,57)/t24-,29?,30-/m1/s1. The summed E-state index contributed by atoms with van der Waals surface area (Å²) in [4.78, 5) is 65.1. The molecule has 308 valence electrons. The lowest BCUT2D eigenvalue weighted by atomic mass is 9.89. The molecule has 8 rings (SSSR count). The number of aromatic nitrogens is 5. The number of hydrogen-bond acceptors (Lipinski definition) is 9. The van der Waals surface area contributed by atoms with Gasteiger partial charge in [-0.25, -0.2) is 18.4 Å². The van der Waals surface area contributed by atoms with E-state index in [-0.39, 0.29) is 42.2 Å². The largest absolute Gasteiger partial charge is 0.477 e. The van der Waals surface area contributed by atoms with Crippen LogP contribution in [-0.2, 0) is 29.6 Å². The number of halogens is 2. The smallest absolute Gasteiger partial charge is 0.258 e. The van der Waals surface area contributed by atoms with Crippen LogP contribution < -0.4 is 15.4 Å². The number of hydrogen-bond donors (Lipinski definition) is 2. The van der Waals surface area contributed by atoms with Crippen molar-refractivity contribution in [1.82, 2.24) is 39.4 Å². The van der Waals surface area contributed by atoms with Crippen molar-refractivity contribution in [1.29, 1.82) is 0 Å². The highest BCUT2D eigenvalue weighted by Gasteiger charge is 2.33. The lowest BCUT2D eigenvalue weighted by Gasteiger charge is -2.25. The predicted octanol–water partition coefficient (Wildman–Crippen LogP) is 5.39. The second kappa shape index (κ2) is 16.3. The number of pyridine rings is 1. The number of fused-ring (bicyclic) bond motifs is 7. The van der Waals surface area contributed by atoms with Gasteiger partial charge in [-0.3, -0.25) is 34.8 Å². The summed E-state index contributed by atoms with van der Waals surface area (Å²) in [6.07, 6.45) is 4.50. The van der Waals surface area contributed by atoms with Crippen molar-refractivity contribution in [2.24, 2.45) is 13.0 Å². The van der Waals surface area contributed by atoms with Crippen LogP contribution in [0, 0.1) is 24.5 Å². The molecule has 0 aliphatic carbocycles. The van der Waals surface area contributed by atoms with E-state index >= 15 is 8.78 Å². The summed E-state index contributed by atoms with van der Waals surface area (Å²) in [7, 11) is 3.75. The van der Waals surface area contributed by atoms with Crippen LogP contribution in [0.15, 0.2) is 48.7 Å². The van der Waals surface area contributed by atoms with Crippen LogP contribution in [0.4, 0.5) is 14.7 Å². The lowest BCUT2D eigenvalue weighted by Crippen LogP contribution is -2.40. The molecular formula is C43H47F2N9O5. The molecule has 3 aromatic heterocycles. The van der Waals surface area contributed by atoms with Gasteiger partial charge in [-0.1, -0.05) is 6.92 Å². The number of aryl methyl sites for hydroxylation is 2. The molecule has 2 aromatic carbocycles. The van der Waals surface area contributed by atoms with Crippen molar-refractivity contribution in [2.45, 2.75) is 70.9 Å². The number of carbonyl (C=O) groups excluding carboxylic acids is 4. The number of imidazole rings is 1. The summed E-state index contributed by atoms with van der Waals surface area (Å²) in [5.74, 6) is -3.08. The summed E-state index contributed by atoms with van der Waals surface area (Å²) >= 11 is 0. The molecule has 5 aromatic rings. The van der Waals surface area contributed by atoms with Crippen molar-refractivity contribution < 1.29 is 32.7 Å². The Morgan fingerprint density at radius 3 is 2.58 bits per heavy atom. The van der Waals surface area contributed by atoms with Gasteiger partial charge in [0.1, 0.15) is 11.6 Å². The first kappa shape index (κ1) is 39.8. The third-order valence-electron chi connectivity index (χ3n) is 11.7. The first-order valence-corrected chi connectivity index (χ1v) is 20.1. The molecule has 6 heterocycles. The zero-order valence-corrected chi connectivity index (χ0v) is 33.6. The Hall–Kier alpha value is -6.03. The maximum atomic E-state index is 15.1. The van der Waals surface area contributed by atoms with Crippen molar-refractivity contribution in [3.63, 3.8) is 0 Å². The first-order valence-electron chi connectivity index (χ1n) is 20.1. The van der Waals surface area contributed by atoms with Crippen LogP contribution in [0.5, 0.6) is 5.88 Å². The Balaban J connectivity index is 0.967. The van der Waals surface area contributed by atoms with Crippen LogP contribution in [0.3, 0.4) is 0 Å². The molecule has 3 atom stereocenters. The van der Waals surface area contributed by atoms with Crippen molar-refractivity contribution in [3.05, 3.63) is 88.2 Å². The van der Waals surface area contributed by atoms with Crippen LogP contribution >= 0.6 is 0 Å². The highest BCUT2D eigenvalue weighted by molar-refractivity contribution is 6.05. The number of amides is 4. The molecule has 0 radical (unpaired) electrons. The zero-order valence-electron chi connectivity index (χ0n) is 33.6. The molecule has 3 aliphatic rings. The summed E-state index contributed by atoms with van der Waals surface area (Å²) in [6.45, 7) is 6.52. The van der Waals surface area contributed by atoms with E-state index in [1.54, 1.807) is 29.1 Å².